The first-order chi connectivity index (χ1) is 14.5. The monoisotopic (exact) mass is 429 g/mol. The fourth-order valence-electron chi connectivity index (χ4n) is 3.77. The summed E-state index contributed by atoms with van der Waals surface area (Å²) in [7, 11) is -3.70. The van der Waals surface area contributed by atoms with Crippen LogP contribution in [0, 0.1) is 5.92 Å². The predicted molar refractivity (Wildman–Crippen MR) is 109 cm³/mol. The predicted octanol–water partition coefficient (Wildman–Crippen LogP) is 2.30. The minimum atomic E-state index is -3.70. The Morgan fingerprint density at radius 1 is 1.27 bits per heavy atom. The van der Waals surface area contributed by atoms with Crippen LogP contribution in [-0.4, -0.2) is 49.0 Å². The van der Waals surface area contributed by atoms with E-state index in [0.29, 0.717) is 31.0 Å². The fourth-order valence-corrected chi connectivity index (χ4v) is 5.18. The number of carbonyl (C=O) groups is 1. The van der Waals surface area contributed by atoms with Crippen molar-refractivity contribution in [2.75, 3.05) is 13.1 Å². The summed E-state index contributed by atoms with van der Waals surface area (Å²) in [5.41, 5.74) is 0. The van der Waals surface area contributed by atoms with Crippen LogP contribution in [0.1, 0.15) is 12.8 Å². The van der Waals surface area contributed by atoms with Crippen molar-refractivity contribution in [1.29, 1.82) is 0 Å². The molecule has 3 unspecified atom stereocenters. The van der Waals surface area contributed by atoms with Gasteiger partial charge in [-0.3, -0.25) is 4.79 Å². The molecule has 0 bridgehead atoms. The van der Waals surface area contributed by atoms with Crippen LogP contribution in [0.3, 0.4) is 0 Å². The number of pyridine rings is 1. The Hall–Kier alpha value is -2.75. The number of carbonyl (C=O) groups excluding carboxylic acids is 1. The van der Waals surface area contributed by atoms with E-state index in [1.165, 1.54) is 22.6 Å². The lowest BCUT2D eigenvalue weighted by Crippen LogP contribution is -2.45. The Morgan fingerprint density at radius 2 is 2.07 bits per heavy atom. The van der Waals surface area contributed by atoms with E-state index in [1.54, 1.807) is 18.2 Å². The van der Waals surface area contributed by atoms with Gasteiger partial charge in [0.25, 0.3) is 0 Å². The largest absolute Gasteiger partial charge is 0.439 e. The second-order valence-electron chi connectivity index (χ2n) is 7.27. The highest BCUT2D eigenvalue weighted by Crippen LogP contribution is 2.34. The van der Waals surface area contributed by atoms with Gasteiger partial charge in [0.2, 0.25) is 21.8 Å². The zero-order valence-electron chi connectivity index (χ0n) is 16.3. The number of ether oxygens (including phenoxy) is 2. The topological polar surface area (TPSA) is 97.8 Å². The third-order valence-electron chi connectivity index (χ3n) is 5.32. The molecule has 0 radical (unpaired) electrons. The SMILES string of the molecule is C=CC(=O)NC1CC2CCN(S(=O)(=O)c3ccc(Oc4ccccc4)nc3)CC2O1. The Labute approximate surface area is 175 Å². The number of nitrogens with one attached hydrogen (secondary N) is 1. The normalized spacial score (nSPS) is 24.1. The summed E-state index contributed by atoms with van der Waals surface area (Å²) in [5, 5.41) is 2.73. The Kier molecular flexibility index (Phi) is 5.85. The number of para-hydroxylation sites is 1. The Balaban J connectivity index is 1.41. The highest BCUT2D eigenvalue weighted by atomic mass is 32.2. The van der Waals surface area contributed by atoms with Gasteiger partial charge in [0.15, 0.2) is 0 Å². The van der Waals surface area contributed by atoms with E-state index < -0.39 is 16.3 Å². The van der Waals surface area contributed by atoms with Crippen LogP contribution in [0.25, 0.3) is 0 Å². The van der Waals surface area contributed by atoms with Crippen molar-refractivity contribution >= 4 is 15.9 Å². The number of hydrogen-bond acceptors (Lipinski definition) is 6. The molecule has 2 fully saturated rings. The second-order valence-corrected chi connectivity index (χ2v) is 9.21. The number of hydrogen-bond donors (Lipinski definition) is 1. The smallest absolute Gasteiger partial charge is 0.245 e. The van der Waals surface area contributed by atoms with E-state index in [-0.39, 0.29) is 29.4 Å². The first-order valence-electron chi connectivity index (χ1n) is 9.73. The molecule has 8 nitrogen and oxygen atoms in total. The third-order valence-corrected chi connectivity index (χ3v) is 7.16. The van der Waals surface area contributed by atoms with Crippen LogP contribution in [-0.2, 0) is 19.6 Å². The maximum absolute atomic E-state index is 13.1. The molecule has 30 heavy (non-hydrogen) atoms. The van der Waals surface area contributed by atoms with E-state index in [0.717, 1.165) is 0 Å². The van der Waals surface area contributed by atoms with E-state index >= 15 is 0 Å². The number of piperidine rings is 1. The lowest BCUT2D eigenvalue weighted by Gasteiger charge is -2.33. The highest BCUT2D eigenvalue weighted by molar-refractivity contribution is 7.89. The summed E-state index contributed by atoms with van der Waals surface area (Å²) < 4.78 is 39.0. The van der Waals surface area contributed by atoms with Gasteiger partial charge < -0.3 is 14.8 Å². The van der Waals surface area contributed by atoms with Crippen LogP contribution in [0.5, 0.6) is 11.6 Å². The quantitative estimate of drug-likeness (QED) is 0.708. The molecule has 2 saturated heterocycles. The van der Waals surface area contributed by atoms with Crippen LogP contribution in [0.15, 0.2) is 66.2 Å². The summed E-state index contributed by atoms with van der Waals surface area (Å²) in [6.07, 6.45) is 3.18. The molecule has 1 aromatic carbocycles. The number of aromatic nitrogens is 1. The molecule has 0 saturated carbocycles. The molecule has 2 aliphatic rings. The average molecular weight is 429 g/mol. The first kappa shape index (κ1) is 20.5. The molecule has 4 rings (SSSR count). The maximum atomic E-state index is 13.1. The minimum absolute atomic E-state index is 0.107. The summed E-state index contributed by atoms with van der Waals surface area (Å²) in [6.45, 7) is 4.08. The van der Waals surface area contributed by atoms with Crippen molar-refractivity contribution in [1.82, 2.24) is 14.6 Å². The molecule has 1 amide bonds. The fraction of sp³-hybridized carbons (Fsp3) is 0.333. The van der Waals surface area contributed by atoms with Crippen molar-refractivity contribution in [3.05, 3.63) is 61.3 Å². The molecule has 2 aromatic rings. The molecule has 3 heterocycles. The third kappa shape index (κ3) is 4.38. The van der Waals surface area contributed by atoms with E-state index in [4.69, 9.17) is 9.47 Å². The van der Waals surface area contributed by atoms with Gasteiger partial charge in [-0.15, -0.1) is 0 Å². The summed E-state index contributed by atoms with van der Waals surface area (Å²) >= 11 is 0. The molecular weight excluding hydrogens is 406 g/mol. The lowest BCUT2D eigenvalue weighted by atomic mass is 9.94. The maximum Gasteiger partial charge on any atom is 0.245 e. The summed E-state index contributed by atoms with van der Waals surface area (Å²) in [6, 6.07) is 12.2. The number of fused-ring (bicyclic) bond motifs is 1. The molecular formula is C21H23N3O5S. The lowest BCUT2D eigenvalue weighted by molar-refractivity contribution is -0.120. The number of sulfonamides is 1. The van der Waals surface area contributed by atoms with Crippen molar-refractivity contribution in [2.45, 2.75) is 30.1 Å². The van der Waals surface area contributed by atoms with E-state index in [1.807, 2.05) is 18.2 Å². The van der Waals surface area contributed by atoms with Crippen molar-refractivity contribution in [3.63, 3.8) is 0 Å². The van der Waals surface area contributed by atoms with Gasteiger partial charge in [0.1, 0.15) is 16.9 Å². The first-order valence-corrected chi connectivity index (χ1v) is 11.2. The number of amides is 1. The molecule has 1 N–H and O–H groups in total. The number of nitrogens with zero attached hydrogens (tertiary/aromatic N) is 2. The van der Waals surface area contributed by atoms with Crippen LogP contribution >= 0.6 is 0 Å². The molecule has 9 heteroatoms. The van der Waals surface area contributed by atoms with Gasteiger partial charge in [-0.2, -0.15) is 4.31 Å². The van der Waals surface area contributed by atoms with E-state index in [9.17, 15) is 13.2 Å². The number of benzene rings is 1. The van der Waals surface area contributed by atoms with Gasteiger partial charge in [0.05, 0.1) is 12.3 Å². The van der Waals surface area contributed by atoms with Gasteiger partial charge in [-0.1, -0.05) is 24.8 Å². The average Bonchev–Trinajstić information content (AvgIpc) is 3.16. The second kappa shape index (κ2) is 8.55. The van der Waals surface area contributed by atoms with Crippen LogP contribution < -0.4 is 10.1 Å². The van der Waals surface area contributed by atoms with Crippen LogP contribution in [0.4, 0.5) is 0 Å². The van der Waals surface area contributed by atoms with E-state index in [2.05, 4.69) is 16.9 Å². The molecule has 1 aromatic heterocycles. The summed E-state index contributed by atoms with van der Waals surface area (Å²) in [4.78, 5) is 15.7. The summed E-state index contributed by atoms with van der Waals surface area (Å²) in [5.74, 6) is 0.858. The molecule has 158 valence electrons. The van der Waals surface area contributed by atoms with Crippen molar-refractivity contribution in [2.24, 2.45) is 5.92 Å². The van der Waals surface area contributed by atoms with Gasteiger partial charge in [-0.25, -0.2) is 13.4 Å². The Bertz CT molecular complexity index is 1010. The highest BCUT2D eigenvalue weighted by Gasteiger charge is 2.42. The van der Waals surface area contributed by atoms with Gasteiger partial charge in [0, 0.05) is 19.2 Å². The standard InChI is InChI=1S/C21H23N3O5S/c1-2-19(25)23-21-12-15-10-11-24(14-18(15)29-21)30(26,27)17-8-9-20(22-13-17)28-16-6-4-3-5-7-16/h2-9,13,15,18,21H,1,10-12,14H2,(H,23,25). The van der Waals surface area contributed by atoms with Crippen molar-refractivity contribution < 1.29 is 22.7 Å². The molecule has 0 spiro atoms. The molecule has 0 aliphatic carbocycles. The molecule has 2 aliphatic heterocycles. The van der Waals surface area contributed by atoms with Crippen molar-refractivity contribution in [3.8, 4) is 11.6 Å². The van der Waals surface area contributed by atoms with Gasteiger partial charge >= 0.3 is 0 Å². The zero-order valence-corrected chi connectivity index (χ0v) is 17.1. The minimum Gasteiger partial charge on any atom is -0.439 e. The van der Waals surface area contributed by atoms with Gasteiger partial charge in [-0.05, 0) is 43.0 Å². The molecule has 3 atom stereocenters. The Morgan fingerprint density at radius 3 is 2.77 bits per heavy atom. The van der Waals surface area contributed by atoms with Crippen LogP contribution in [0.2, 0.25) is 0 Å². The number of rotatable bonds is 6. The zero-order chi connectivity index (χ0) is 21.1.